The lowest BCUT2D eigenvalue weighted by molar-refractivity contribution is 0.122. The van der Waals surface area contributed by atoms with E-state index in [1.54, 1.807) is 12.1 Å². The lowest BCUT2D eigenvalue weighted by Crippen LogP contribution is -2.37. The van der Waals surface area contributed by atoms with Crippen molar-refractivity contribution >= 4 is 5.82 Å². The molecule has 0 amide bonds. The van der Waals surface area contributed by atoms with Gasteiger partial charge in [-0.15, -0.1) is 0 Å². The fourth-order valence-electron chi connectivity index (χ4n) is 3.95. The van der Waals surface area contributed by atoms with Crippen LogP contribution in [-0.2, 0) is 11.2 Å². The zero-order valence-electron chi connectivity index (χ0n) is 16.0. The molecule has 0 unspecified atom stereocenters. The number of hydrogen-bond donors (Lipinski definition) is 2. The molecule has 2 aromatic rings. The summed E-state index contributed by atoms with van der Waals surface area (Å²) in [7, 11) is 0. The summed E-state index contributed by atoms with van der Waals surface area (Å²) < 4.78 is 19.6. The van der Waals surface area contributed by atoms with Gasteiger partial charge in [-0.2, -0.15) is 0 Å². The summed E-state index contributed by atoms with van der Waals surface area (Å²) in [6, 6.07) is 5.96. The third-order valence-corrected chi connectivity index (χ3v) is 5.47. The minimum absolute atomic E-state index is 0.185. The van der Waals surface area contributed by atoms with Crippen LogP contribution in [0.3, 0.4) is 0 Å². The molecule has 2 fully saturated rings. The van der Waals surface area contributed by atoms with Crippen LogP contribution in [0, 0.1) is 5.82 Å². The van der Waals surface area contributed by atoms with Crippen LogP contribution >= 0.6 is 0 Å². The second kappa shape index (κ2) is 8.84. The smallest absolute Gasteiger partial charge is 0.183 e. The van der Waals surface area contributed by atoms with Crippen molar-refractivity contribution in [3.63, 3.8) is 0 Å². The molecule has 0 radical (unpaired) electrons. The lowest BCUT2D eigenvalue weighted by atomic mass is 9.97. The second-order valence-electron chi connectivity index (χ2n) is 7.54. The van der Waals surface area contributed by atoms with Crippen LogP contribution in [0.1, 0.15) is 31.2 Å². The third kappa shape index (κ3) is 4.59. The molecule has 7 heteroatoms. The van der Waals surface area contributed by atoms with Crippen LogP contribution in [0.2, 0.25) is 0 Å². The number of phenolic OH excluding ortho intramolecular Hbond substituents is 1. The molecule has 0 aliphatic carbocycles. The van der Waals surface area contributed by atoms with Crippen LogP contribution in [0.5, 0.6) is 5.75 Å². The Kier molecular flexibility index (Phi) is 6.02. The monoisotopic (exact) mass is 386 g/mol. The summed E-state index contributed by atoms with van der Waals surface area (Å²) in [6.07, 6.45) is 6.85. The average molecular weight is 386 g/mol. The molecule has 3 heterocycles. The number of piperidine rings is 1. The van der Waals surface area contributed by atoms with E-state index in [0.717, 1.165) is 24.9 Å². The first-order chi connectivity index (χ1) is 13.7. The number of nitrogens with zero attached hydrogens (tertiary/aromatic N) is 3. The molecule has 1 aromatic heterocycles. The van der Waals surface area contributed by atoms with Crippen molar-refractivity contribution in [2.24, 2.45) is 0 Å². The highest BCUT2D eigenvalue weighted by Gasteiger charge is 2.19. The van der Waals surface area contributed by atoms with Gasteiger partial charge in [0.25, 0.3) is 0 Å². The van der Waals surface area contributed by atoms with Gasteiger partial charge >= 0.3 is 0 Å². The quantitative estimate of drug-likeness (QED) is 0.823. The van der Waals surface area contributed by atoms with Gasteiger partial charge in [0.15, 0.2) is 17.5 Å². The summed E-state index contributed by atoms with van der Waals surface area (Å²) >= 11 is 0. The molecule has 6 nitrogen and oxygen atoms in total. The number of nitrogens with one attached hydrogen (secondary N) is 1. The number of anilines is 1. The van der Waals surface area contributed by atoms with Crippen molar-refractivity contribution in [2.45, 2.75) is 38.1 Å². The van der Waals surface area contributed by atoms with Gasteiger partial charge in [-0.3, -0.25) is 0 Å². The minimum atomic E-state index is -0.436. The zero-order valence-corrected chi connectivity index (χ0v) is 16.0. The molecule has 2 N–H and O–H groups in total. The lowest BCUT2D eigenvalue weighted by Gasteiger charge is -2.28. The van der Waals surface area contributed by atoms with Gasteiger partial charge in [0, 0.05) is 24.7 Å². The maximum absolute atomic E-state index is 14.3. The van der Waals surface area contributed by atoms with Crippen LogP contribution in [0.15, 0.2) is 24.4 Å². The fraction of sp³-hybridized carbons (Fsp3) is 0.524. The van der Waals surface area contributed by atoms with Crippen molar-refractivity contribution in [2.75, 3.05) is 37.7 Å². The molecule has 0 saturated carbocycles. The molecule has 2 aliphatic rings. The van der Waals surface area contributed by atoms with Crippen LogP contribution in [0.25, 0.3) is 11.4 Å². The third-order valence-electron chi connectivity index (χ3n) is 5.47. The van der Waals surface area contributed by atoms with E-state index in [1.807, 2.05) is 11.0 Å². The van der Waals surface area contributed by atoms with Gasteiger partial charge < -0.3 is 20.1 Å². The molecule has 150 valence electrons. The van der Waals surface area contributed by atoms with E-state index < -0.39 is 5.82 Å². The maximum atomic E-state index is 14.3. The zero-order chi connectivity index (χ0) is 19.3. The van der Waals surface area contributed by atoms with Gasteiger partial charge in [-0.25, -0.2) is 14.4 Å². The number of hydrogen-bond acceptors (Lipinski definition) is 6. The van der Waals surface area contributed by atoms with Crippen molar-refractivity contribution < 1.29 is 14.2 Å². The molecule has 0 bridgehead atoms. The minimum Gasteiger partial charge on any atom is -0.508 e. The van der Waals surface area contributed by atoms with Crippen molar-refractivity contribution in [1.82, 2.24) is 15.3 Å². The maximum Gasteiger partial charge on any atom is 0.183 e. The summed E-state index contributed by atoms with van der Waals surface area (Å²) in [4.78, 5) is 10.5. The van der Waals surface area contributed by atoms with Crippen LogP contribution in [-0.4, -0.2) is 54.0 Å². The standard InChI is InChI=1S/C21H27FN4O2/c22-19-14-24-20(25-21(19)26-7-9-28-10-8-26)16-11-15(12-18(27)13-16)4-5-17-3-1-2-6-23-17/h11-14,17,23,27H,1-10H2/t17-/m0/s1. The van der Waals surface area contributed by atoms with Crippen LogP contribution in [0.4, 0.5) is 10.2 Å². The van der Waals surface area contributed by atoms with E-state index in [-0.39, 0.29) is 5.75 Å². The van der Waals surface area contributed by atoms with E-state index >= 15 is 0 Å². The molecule has 28 heavy (non-hydrogen) atoms. The molecule has 4 rings (SSSR count). The number of phenols is 1. The highest BCUT2D eigenvalue weighted by atomic mass is 19.1. The van der Waals surface area contributed by atoms with Gasteiger partial charge in [0.05, 0.1) is 19.4 Å². The number of ether oxygens (including phenoxy) is 1. The fourth-order valence-corrected chi connectivity index (χ4v) is 3.95. The Hall–Kier alpha value is -2.25. The Morgan fingerprint density at radius 2 is 2.07 bits per heavy atom. The number of aryl methyl sites for hydroxylation is 1. The molecular formula is C21H27FN4O2. The van der Waals surface area contributed by atoms with E-state index in [2.05, 4.69) is 15.3 Å². The Bertz CT molecular complexity index is 805. The average Bonchev–Trinajstić information content (AvgIpc) is 2.73. The summed E-state index contributed by atoms with van der Waals surface area (Å²) in [6.45, 7) is 3.41. The van der Waals surface area contributed by atoms with Crippen LogP contribution < -0.4 is 10.2 Å². The number of aromatic nitrogens is 2. The molecule has 1 aromatic carbocycles. The van der Waals surface area contributed by atoms with E-state index in [9.17, 15) is 9.50 Å². The predicted octanol–water partition coefficient (Wildman–Crippen LogP) is 2.90. The summed E-state index contributed by atoms with van der Waals surface area (Å²) in [5.41, 5.74) is 1.75. The summed E-state index contributed by atoms with van der Waals surface area (Å²) in [5.74, 6) is 0.472. The first kappa shape index (κ1) is 19.1. The Morgan fingerprint density at radius 3 is 2.86 bits per heavy atom. The predicted molar refractivity (Wildman–Crippen MR) is 106 cm³/mol. The topological polar surface area (TPSA) is 70.5 Å². The largest absolute Gasteiger partial charge is 0.508 e. The number of aromatic hydroxyl groups is 1. The highest BCUT2D eigenvalue weighted by molar-refractivity contribution is 5.61. The van der Waals surface area contributed by atoms with Crippen molar-refractivity contribution in [3.05, 3.63) is 35.8 Å². The first-order valence-electron chi connectivity index (χ1n) is 10.1. The number of benzene rings is 1. The molecule has 1 atom stereocenters. The molecule has 2 saturated heterocycles. The molecule has 2 aliphatic heterocycles. The molecular weight excluding hydrogens is 359 g/mol. The van der Waals surface area contributed by atoms with Gasteiger partial charge in [-0.1, -0.05) is 6.42 Å². The van der Waals surface area contributed by atoms with Crippen molar-refractivity contribution in [1.29, 1.82) is 0 Å². The number of halogens is 1. The Balaban J connectivity index is 1.54. The van der Waals surface area contributed by atoms with Gasteiger partial charge in [-0.05, 0) is 56.0 Å². The first-order valence-corrected chi connectivity index (χ1v) is 10.1. The number of rotatable bonds is 5. The van der Waals surface area contributed by atoms with E-state index in [1.165, 1.54) is 25.5 Å². The van der Waals surface area contributed by atoms with E-state index in [4.69, 9.17) is 4.74 Å². The second-order valence-corrected chi connectivity index (χ2v) is 7.54. The van der Waals surface area contributed by atoms with E-state index in [0.29, 0.717) is 49.6 Å². The van der Waals surface area contributed by atoms with Gasteiger partial charge in [0.2, 0.25) is 0 Å². The normalized spacial score (nSPS) is 20.3. The Morgan fingerprint density at radius 1 is 1.21 bits per heavy atom. The van der Waals surface area contributed by atoms with Gasteiger partial charge in [0.1, 0.15) is 5.75 Å². The SMILES string of the molecule is Oc1cc(CC[C@@H]2CCCCN2)cc(-c2ncc(F)c(N3CCOCC3)n2)c1. The number of morpholine rings is 1. The van der Waals surface area contributed by atoms with Crippen molar-refractivity contribution in [3.8, 4) is 17.1 Å². The summed E-state index contributed by atoms with van der Waals surface area (Å²) in [5, 5.41) is 13.7. The molecule has 0 spiro atoms. The highest BCUT2D eigenvalue weighted by Crippen LogP contribution is 2.27. The Labute approximate surface area is 164 Å².